The van der Waals surface area contributed by atoms with Gasteiger partial charge in [0.25, 0.3) is 0 Å². The zero-order valence-corrected chi connectivity index (χ0v) is 23.6. The summed E-state index contributed by atoms with van der Waals surface area (Å²) in [5, 5.41) is 0. The molecule has 0 aliphatic carbocycles. The molecule has 4 aromatic rings. The molecule has 0 atom stereocenters. The standard InChI is InChI=1S/C25H28F2N8O5S/c1-32(2)41(36,37)35-8-7-28-21(35)15-34(24-22(26)17(38-3)13-18(39-4)23(24)27)19-6-5-16-25(30-19)31-20(14-29-16)33-9-11-40-12-10-33/h5-8,13-14H,9-12,15H2,1-4H3. The van der Waals surface area contributed by atoms with Crippen molar-refractivity contribution in [2.45, 2.75) is 6.54 Å². The van der Waals surface area contributed by atoms with E-state index in [1.54, 1.807) is 12.3 Å². The average molecular weight is 591 g/mol. The lowest BCUT2D eigenvalue weighted by atomic mass is 10.2. The van der Waals surface area contributed by atoms with Gasteiger partial charge in [0.15, 0.2) is 28.8 Å². The van der Waals surface area contributed by atoms with Gasteiger partial charge >= 0.3 is 10.2 Å². The second kappa shape index (κ2) is 11.4. The van der Waals surface area contributed by atoms with Gasteiger partial charge in [0, 0.05) is 45.6 Å². The highest BCUT2D eigenvalue weighted by Gasteiger charge is 2.30. The molecule has 0 radical (unpaired) electrons. The highest BCUT2D eigenvalue weighted by Crippen LogP contribution is 2.40. The Morgan fingerprint density at radius 2 is 1.71 bits per heavy atom. The molecule has 3 aromatic heterocycles. The number of imidazole rings is 1. The number of hydrogen-bond acceptors (Lipinski definition) is 11. The topological polar surface area (TPSA) is 128 Å². The lowest BCUT2D eigenvalue weighted by Gasteiger charge is -2.28. The minimum atomic E-state index is -4.01. The Labute approximate surface area is 235 Å². The molecule has 1 saturated heterocycles. The summed E-state index contributed by atoms with van der Waals surface area (Å²) >= 11 is 0. The van der Waals surface area contributed by atoms with Crippen LogP contribution >= 0.6 is 0 Å². The van der Waals surface area contributed by atoms with E-state index in [4.69, 9.17) is 14.2 Å². The molecule has 218 valence electrons. The van der Waals surface area contributed by atoms with E-state index >= 15 is 8.78 Å². The van der Waals surface area contributed by atoms with Crippen LogP contribution in [0.4, 0.5) is 26.1 Å². The molecule has 0 unspecified atom stereocenters. The van der Waals surface area contributed by atoms with Crippen molar-refractivity contribution >= 4 is 38.7 Å². The third-order valence-corrected chi connectivity index (χ3v) is 8.25. The second-order valence-electron chi connectivity index (χ2n) is 9.11. The summed E-state index contributed by atoms with van der Waals surface area (Å²) in [6.07, 6.45) is 4.15. The Morgan fingerprint density at radius 3 is 2.34 bits per heavy atom. The van der Waals surface area contributed by atoms with Crippen LogP contribution in [0.25, 0.3) is 11.2 Å². The number of rotatable bonds is 9. The molecule has 0 N–H and O–H groups in total. The SMILES string of the molecule is COc1cc(OC)c(F)c(N(Cc2nccn2S(=O)(=O)N(C)C)c2ccc3ncc(N4CCOCC4)nc3n2)c1F. The first-order valence-corrected chi connectivity index (χ1v) is 13.8. The number of aromatic nitrogens is 5. The van der Waals surface area contributed by atoms with E-state index in [1.165, 1.54) is 46.8 Å². The molecule has 0 amide bonds. The number of benzene rings is 1. The first-order chi connectivity index (χ1) is 19.6. The van der Waals surface area contributed by atoms with E-state index in [9.17, 15) is 8.42 Å². The molecule has 13 nitrogen and oxygen atoms in total. The van der Waals surface area contributed by atoms with Crippen LogP contribution in [-0.4, -0.2) is 91.2 Å². The molecule has 41 heavy (non-hydrogen) atoms. The van der Waals surface area contributed by atoms with Crippen molar-refractivity contribution in [3.63, 3.8) is 0 Å². The summed E-state index contributed by atoms with van der Waals surface area (Å²) in [6, 6.07) is 4.19. The van der Waals surface area contributed by atoms with Gasteiger partial charge < -0.3 is 24.0 Å². The average Bonchev–Trinajstić information content (AvgIpc) is 3.46. The molecule has 0 bridgehead atoms. The van der Waals surface area contributed by atoms with Crippen molar-refractivity contribution in [1.82, 2.24) is 28.2 Å². The Bertz CT molecular complexity index is 1650. The summed E-state index contributed by atoms with van der Waals surface area (Å²) in [5.74, 6) is -2.08. The molecular weight excluding hydrogens is 562 g/mol. The van der Waals surface area contributed by atoms with E-state index in [2.05, 4.69) is 19.9 Å². The van der Waals surface area contributed by atoms with Crippen molar-refractivity contribution in [3.8, 4) is 11.5 Å². The summed E-state index contributed by atoms with van der Waals surface area (Å²) < 4.78 is 75.1. The zero-order valence-electron chi connectivity index (χ0n) is 22.8. The summed E-state index contributed by atoms with van der Waals surface area (Å²) in [7, 11) is 1.18. The number of ether oxygens (including phenoxy) is 3. The molecule has 1 aliphatic rings. The first-order valence-electron chi connectivity index (χ1n) is 12.4. The fourth-order valence-corrected chi connectivity index (χ4v) is 5.25. The Hall–Kier alpha value is -4.15. The number of hydrogen-bond donors (Lipinski definition) is 0. The van der Waals surface area contributed by atoms with Gasteiger partial charge in [-0.15, -0.1) is 0 Å². The Morgan fingerprint density at radius 1 is 1.02 bits per heavy atom. The van der Waals surface area contributed by atoms with Crippen LogP contribution < -0.4 is 19.3 Å². The van der Waals surface area contributed by atoms with Crippen LogP contribution in [0.15, 0.2) is 36.8 Å². The molecule has 0 saturated carbocycles. The lowest BCUT2D eigenvalue weighted by Crippen LogP contribution is -2.36. The third kappa shape index (κ3) is 5.32. The molecule has 4 heterocycles. The number of anilines is 3. The number of nitrogens with zero attached hydrogens (tertiary/aromatic N) is 8. The quantitative estimate of drug-likeness (QED) is 0.285. The van der Waals surface area contributed by atoms with Gasteiger partial charge in [0.1, 0.15) is 28.7 Å². The van der Waals surface area contributed by atoms with Gasteiger partial charge in [-0.2, -0.15) is 12.7 Å². The minimum Gasteiger partial charge on any atom is -0.493 e. The predicted octanol–water partition coefficient (Wildman–Crippen LogP) is 2.35. The highest BCUT2D eigenvalue weighted by atomic mass is 32.2. The van der Waals surface area contributed by atoms with Gasteiger partial charge in [0.2, 0.25) is 0 Å². The van der Waals surface area contributed by atoms with Crippen LogP contribution in [0.5, 0.6) is 11.5 Å². The predicted molar refractivity (Wildman–Crippen MR) is 146 cm³/mol. The van der Waals surface area contributed by atoms with Gasteiger partial charge in [-0.05, 0) is 12.1 Å². The van der Waals surface area contributed by atoms with Crippen molar-refractivity contribution in [2.75, 3.05) is 64.4 Å². The molecular formula is C25H28F2N8O5S. The molecule has 1 aliphatic heterocycles. The van der Waals surface area contributed by atoms with Crippen molar-refractivity contribution in [3.05, 3.63) is 54.2 Å². The molecule has 5 rings (SSSR count). The van der Waals surface area contributed by atoms with Crippen molar-refractivity contribution < 1.29 is 31.4 Å². The number of halogens is 2. The third-order valence-electron chi connectivity index (χ3n) is 6.50. The van der Waals surface area contributed by atoms with E-state index in [-0.39, 0.29) is 28.8 Å². The van der Waals surface area contributed by atoms with Crippen LogP contribution in [0.1, 0.15) is 5.82 Å². The summed E-state index contributed by atoms with van der Waals surface area (Å²) in [6.45, 7) is 1.92. The number of morpholine rings is 1. The number of fused-ring (bicyclic) bond motifs is 1. The number of pyridine rings is 1. The van der Waals surface area contributed by atoms with E-state index in [1.807, 2.05) is 4.90 Å². The van der Waals surface area contributed by atoms with Gasteiger partial charge in [-0.1, -0.05) is 0 Å². The van der Waals surface area contributed by atoms with Crippen LogP contribution in [0.2, 0.25) is 0 Å². The van der Waals surface area contributed by atoms with E-state index in [0.717, 1.165) is 19.2 Å². The zero-order chi connectivity index (χ0) is 29.3. The number of methoxy groups -OCH3 is 2. The minimum absolute atomic E-state index is 0.0330. The fraction of sp³-hybridized carbons (Fsp3) is 0.360. The normalized spacial score (nSPS) is 14.1. The second-order valence-corrected chi connectivity index (χ2v) is 11.1. The molecule has 1 aromatic carbocycles. The first kappa shape index (κ1) is 28.4. The van der Waals surface area contributed by atoms with Gasteiger partial charge in [-0.25, -0.2) is 32.7 Å². The van der Waals surface area contributed by atoms with Crippen LogP contribution in [-0.2, 0) is 21.5 Å². The lowest BCUT2D eigenvalue weighted by molar-refractivity contribution is 0.122. The maximum Gasteiger partial charge on any atom is 0.308 e. The monoisotopic (exact) mass is 590 g/mol. The molecule has 16 heteroatoms. The van der Waals surface area contributed by atoms with Crippen molar-refractivity contribution in [1.29, 1.82) is 0 Å². The van der Waals surface area contributed by atoms with E-state index in [0.29, 0.717) is 37.6 Å². The van der Waals surface area contributed by atoms with Crippen LogP contribution in [0.3, 0.4) is 0 Å². The fourth-order valence-electron chi connectivity index (χ4n) is 4.32. The van der Waals surface area contributed by atoms with Gasteiger partial charge in [-0.3, -0.25) is 0 Å². The summed E-state index contributed by atoms with van der Waals surface area (Å²) in [4.78, 5) is 21.0. The van der Waals surface area contributed by atoms with Gasteiger partial charge in [0.05, 0.1) is 40.2 Å². The van der Waals surface area contributed by atoms with E-state index < -0.39 is 34.1 Å². The highest BCUT2D eigenvalue weighted by molar-refractivity contribution is 7.87. The Kier molecular flexibility index (Phi) is 7.88. The smallest absolute Gasteiger partial charge is 0.308 e. The Balaban J connectivity index is 1.69. The maximum absolute atomic E-state index is 15.8. The maximum atomic E-state index is 15.8. The molecule has 0 spiro atoms. The van der Waals surface area contributed by atoms with Crippen LogP contribution in [0, 0.1) is 11.6 Å². The largest absolute Gasteiger partial charge is 0.493 e. The molecule has 1 fully saturated rings. The summed E-state index contributed by atoms with van der Waals surface area (Å²) in [5.41, 5.74) is 0.0881. The van der Waals surface area contributed by atoms with Crippen molar-refractivity contribution in [2.24, 2.45) is 0 Å².